The predicted octanol–water partition coefficient (Wildman–Crippen LogP) is 3.65. The molecule has 0 heterocycles. The van der Waals surface area contributed by atoms with Crippen molar-refractivity contribution in [2.24, 2.45) is 5.92 Å². The van der Waals surface area contributed by atoms with Crippen LogP contribution >= 0.6 is 0 Å². The Morgan fingerprint density at radius 1 is 1.00 bits per heavy atom. The molecular formula is C16H27NO. The molecule has 102 valence electrons. The van der Waals surface area contributed by atoms with Crippen LogP contribution in [0.2, 0.25) is 0 Å². The zero-order valence-corrected chi connectivity index (χ0v) is 12.4. The Bertz CT molecular complexity index is 329. The molecule has 0 aliphatic carbocycles. The highest BCUT2D eigenvalue weighted by Crippen LogP contribution is 2.16. The summed E-state index contributed by atoms with van der Waals surface area (Å²) in [6.45, 7) is 11.8. The summed E-state index contributed by atoms with van der Waals surface area (Å²) in [6.07, 6.45) is 1.35. The molecule has 1 atom stereocenters. The van der Waals surface area contributed by atoms with E-state index in [1.165, 1.54) is 5.56 Å². The first-order valence-electron chi connectivity index (χ1n) is 6.96. The lowest BCUT2D eigenvalue weighted by Crippen LogP contribution is -2.28. The third-order valence-corrected chi connectivity index (χ3v) is 2.75. The molecular weight excluding hydrogens is 222 g/mol. The van der Waals surface area contributed by atoms with E-state index in [0.717, 1.165) is 18.7 Å². The summed E-state index contributed by atoms with van der Waals surface area (Å²) in [5.41, 5.74) is 1.38. The van der Waals surface area contributed by atoms with Gasteiger partial charge in [-0.25, -0.2) is 0 Å². The van der Waals surface area contributed by atoms with Crippen LogP contribution in [-0.4, -0.2) is 18.7 Å². The lowest BCUT2D eigenvalue weighted by molar-refractivity contribution is 0.242. The van der Waals surface area contributed by atoms with E-state index in [0.29, 0.717) is 12.0 Å². The second-order valence-electron chi connectivity index (χ2n) is 5.68. The summed E-state index contributed by atoms with van der Waals surface area (Å²) in [6, 6.07) is 9.04. The SMILES string of the molecule is CC(CNC(C)C)Cc1ccc(OC(C)C)cc1. The second-order valence-corrected chi connectivity index (χ2v) is 5.68. The molecule has 0 fully saturated rings. The van der Waals surface area contributed by atoms with E-state index in [4.69, 9.17) is 4.74 Å². The molecule has 1 unspecified atom stereocenters. The summed E-state index contributed by atoms with van der Waals surface area (Å²) >= 11 is 0. The number of hydrogen-bond donors (Lipinski definition) is 1. The quantitative estimate of drug-likeness (QED) is 0.796. The topological polar surface area (TPSA) is 21.3 Å². The van der Waals surface area contributed by atoms with Gasteiger partial charge in [0.25, 0.3) is 0 Å². The van der Waals surface area contributed by atoms with E-state index in [1.54, 1.807) is 0 Å². The van der Waals surface area contributed by atoms with Gasteiger partial charge in [-0.1, -0.05) is 32.9 Å². The highest BCUT2D eigenvalue weighted by Gasteiger charge is 2.05. The molecule has 1 rings (SSSR count). The number of hydrogen-bond acceptors (Lipinski definition) is 2. The van der Waals surface area contributed by atoms with Crippen molar-refractivity contribution in [1.29, 1.82) is 0 Å². The van der Waals surface area contributed by atoms with Gasteiger partial charge < -0.3 is 10.1 Å². The van der Waals surface area contributed by atoms with Crippen LogP contribution in [-0.2, 0) is 6.42 Å². The molecule has 0 aromatic heterocycles. The highest BCUT2D eigenvalue weighted by atomic mass is 16.5. The first-order chi connectivity index (χ1) is 8.47. The maximum Gasteiger partial charge on any atom is 0.119 e. The molecule has 1 aromatic rings. The van der Waals surface area contributed by atoms with Gasteiger partial charge >= 0.3 is 0 Å². The molecule has 0 saturated heterocycles. The van der Waals surface area contributed by atoms with Gasteiger partial charge in [-0.05, 0) is 50.4 Å². The third kappa shape index (κ3) is 6.06. The Hall–Kier alpha value is -1.02. The third-order valence-electron chi connectivity index (χ3n) is 2.75. The van der Waals surface area contributed by atoms with Crippen LogP contribution in [0.15, 0.2) is 24.3 Å². The molecule has 0 radical (unpaired) electrons. The van der Waals surface area contributed by atoms with Crippen molar-refractivity contribution < 1.29 is 4.74 Å². The predicted molar refractivity (Wildman–Crippen MR) is 78.2 cm³/mol. The van der Waals surface area contributed by atoms with Crippen molar-refractivity contribution in [2.45, 2.75) is 53.2 Å². The minimum absolute atomic E-state index is 0.241. The van der Waals surface area contributed by atoms with Gasteiger partial charge in [0.1, 0.15) is 5.75 Å². The molecule has 0 spiro atoms. The van der Waals surface area contributed by atoms with Crippen LogP contribution in [0.1, 0.15) is 40.2 Å². The molecule has 0 aliphatic heterocycles. The highest BCUT2D eigenvalue weighted by molar-refractivity contribution is 5.27. The van der Waals surface area contributed by atoms with Gasteiger partial charge in [-0.2, -0.15) is 0 Å². The fourth-order valence-electron chi connectivity index (χ4n) is 1.89. The second kappa shape index (κ2) is 7.42. The lowest BCUT2D eigenvalue weighted by Gasteiger charge is -2.15. The van der Waals surface area contributed by atoms with E-state index in [-0.39, 0.29) is 6.10 Å². The molecule has 1 aromatic carbocycles. The number of nitrogens with one attached hydrogen (secondary N) is 1. The lowest BCUT2D eigenvalue weighted by atomic mass is 10.0. The van der Waals surface area contributed by atoms with Crippen LogP contribution in [0.3, 0.4) is 0 Å². The minimum atomic E-state index is 0.241. The van der Waals surface area contributed by atoms with Crippen molar-refractivity contribution >= 4 is 0 Å². The fourth-order valence-corrected chi connectivity index (χ4v) is 1.89. The van der Waals surface area contributed by atoms with Crippen molar-refractivity contribution in [3.8, 4) is 5.75 Å². The van der Waals surface area contributed by atoms with E-state index >= 15 is 0 Å². The Morgan fingerprint density at radius 3 is 2.11 bits per heavy atom. The average Bonchev–Trinajstić information content (AvgIpc) is 2.28. The zero-order valence-electron chi connectivity index (χ0n) is 12.4. The smallest absolute Gasteiger partial charge is 0.119 e. The Morgan fingerprint density at radius 2 is 1.61 bits per heavy atom. The summed E-state index contributed by atoms with van der Waals surface area (Å²) in [7, 11) is 0. The van der Waals surface area contributed by atoms with Crippen LogP contribution in [0.25, 0.3) is 0 Å². The van der Waals surface area contributed by atoms with Gasteiger partial charge in [-0.15, -0.1) is 0 Å². The Kier molecular flexibility index (Phi) is 6.20. The molecule has 0 bridgehead atoms. The number of benzene rings is 1. The normalized spacial score (nSPS) is 13.1. The monoisotopic (exact) mass is 249 g/mol. The average molecular weight is 249 g/mol. The van der Waals surface area contributed by atoms with Crippen molar-refractivity contribution in [1.82, 2.24) is 5.32 Å². The first-order valence-corrected chi connectivity index (χ1v) is 6.96. The largest absolute Gasteiger partial charge is 0.491 e. The van der Waals surface area contributed by atoms with Gasteiger partial charge in [-0.3, -0.25) is 0 Å². The zero-order chi connectivity index (χ0) is 13.5. The van der Waals surface area contributed by atoms with E-state index in [1.807, 2.05) is 13.8 Å². The van der Waals surface area contributed by atoms with Gasteiger partial charge in [0.15, 0.2) is 0 Å². The summed E-state index contributed by atoms with van der Waals surface area (Å²) in [5, 5.41) is 3.48. The molecule has 1 N–H and O–H groups in total. The van der Waals surface area contributed by atoms with E-state index < -0.39 is 0 Å². The van der Waals surface area contributed by atoms with Crippen molar-refractivity contribution in [3.05, 3.63) is 29.8 Å². The fraction of sp³-hybridized carbons (Fsp3) is 0.625. The van der Waals surface area contributed by atoms with E-state index in [2.05, 4.69) is 50.4 Å². The van der Waals surface area contributed by atoms with Gasteiger partial charge in [0.05, 0.1) is 6.10 Å². The molecule has 0 aliphatic rings. The van der Waals surface area contributed by atoms with Crippen molar-refractivity contribution in [3.63, 3.8) is 0 Å². The van der Waals surface area contributed by atoms with Crippen molar-refractivity contribution in [2.75, 3.05) is 6.54 Å². The maximum atomic E-state index is 5.64. The number of rotatable bonds is 7. The van der Waals surface area contributed by atoms with E-state index in [9.17, 15) is 0 Å². The first kappa shape index (κ1) is 15.0. The van der Waals surface area contributed by atoms with Crippen LogP contribution < -0.4 is 10.1 Å². The molecule has 2 heteroatoms. The standard InChI is InChI=1S/C16H27NO/c1-12(2)17-11-14(5)10-15-6-8-16(9-7-15)18-13(3)4/h6-9,12-14,17H,10-11H2,1-5H3. The Balaban J connectivity index is 2.42. The van der Waals surface area contributed by atoms with Gasteiger partial charge in [0, 0.05) is 6.04 Å². The maximum absolute atomic E-state index is 5.64. The molecule has 0 saturated carbocycles. The molecule has 18 heavy (non-hydrogen) atoms. The summed E-state index contributed by atoms with van der Waals surface area (Å²) in [5.74, 6) is 1.62. The van der Waals surface area contributed by atoms with Gasteiger partial charge in [0.2, 0.25) is 0 Å². The minimum Gasteiger partial charge on any atom is -0.491 e. The Labute approximate surface area is 112 Å². The summed E-state index contributed by atoms with van der Waals surface area (Å²) in [4.78, 5) is 0. The van der Waals surface area contributed by atoms with Crippen LogP contribution in [0.4, 0.5) is 0 Å². The van der Waals surface area contributed by atoms with Crippen LogP contribution in [0, 0.1) is 5.92 Å². The molecule has 0 amide bonds. The molecule has 2 nitrogen and oxygen atoms in total. The van der Waals surface area contributed by atoms with Crippen LogP contribution in [0.5, 0.6) is 5.75 Å². The number of ether oxygens (including phenoxy) is 1. The summed E-state index contributed by atoms with van der Waals surface area (Å²) < 4.78 is 5.64.